The largest absolute Gasteiger partial charge is 0.361 e. The van der Waals surface area contributed by atoms with Gasteiger partial charge in [-0.05, 0) is 41.1 Å². The summed E-state index contributed by atoms with van der Waals surface area (Å²) in [6, 6.07) is 20.2. The maximum Gasteiger partial charge on any atom is 0.0454 e. The summed E-state index contributed by atoms with van der Waals surface area (Å²) < 4.78 is 0. The maximum atomic E-state index is 3.67. The zero-order valence-corrected chi connectivity index (χ0v) is 11.3. The molecule has 0 radical (unpaired) electrons. The van der Waals surface area contributed by atoms with Crippen molar-refractivity contribution in [3.63, 3.8) is 0 Å². The minimum absolute atomic E-state index is 0.638. The number of fused-ring (bicyclic) bond motifs is 1. The van der Waals surface area contributed by atoms with Gasteiger partial charge in [0, 0.05) is 30.2 Å². The predicted octanol–water partition coefficient (Wildman–Crippen LogP) is 3.81. The Kier molecular flexibility index (Phi) is 2.82. The summed E-state index contributed by atoms with van der Waals surface area (Å²) in [5, 5.41) is 4.96. The lowest BCUT2D eigenvalue weighted by atomic mass is 10.1. The predicted molar refractivity (Wildman–Crippen MR) is 82.7 cm³/mol. The highest BCUT2D eigenvalue weighted by molar-refractivity contribution is 5.79. The third kappa shape index (κ3) is 2.23. The first-order valence-corrected chi connectivity index (χ1v) is 7.24. The fourth-order valence-corrected chi connectivity index (χ4v) is 2.95. The number of hydrogen-bond acceptors (Lipinski definition) is 1. The topological polar surface area (TPSA) is 27.8 Å². The zero-order valence-electron chi connectivity index (χ0n) is 11.3. The van der Waals surface area contributed by atoms with Crippen molar-refractivity contribution in [3.05, 3.63) is 71.9 Å². The number of aromatic amines is 1. The Balaban J connectivity index is 1.39. The summed E-state index contributed by atoms with van der Waals surface area (Å²) in [6.45, 7) is 0.953. The van der Waals surface area contributed by atoms with E-state index in [0.717, 1.165) is 6.54 Å². The standard InChI is InChI=1S/C18H18N2/c1-2-4-14(5-3-1)16-11-18(16)20-12-13-6-7-17-15(10-13)8-9-19-17/h1-10,16,18-20H,11-12H2/t16-,18+/m0/s1. The van der Waals surface area contributed by atoms with Crippen LogP contribution in [-0.4, -0.2) is 11.0 Å². The van der Waals surface area contributed by atoms with Crippen molar-refractivity contribution in [1.82, 2.24) is 10.3 Å². The number of H-pyrrole nitrogens is 1. The Morgan fingerprint density at radius 1 is 1.05 bits per heavy atom. The summed E-state index contributed by atoms with van der Waals surface area (Å²) >= 11 is 0. The molecule has 0 unspecified atom stereocenters. The molecule has 0 saturated heterocycles. The van der Waals surface area contributed by atoms with Gasteiger partial charge >= 0.3 is 0 Å². The van der Waals surface area contributed by atoms with E-state index >= 15 is 0 Å². The molecular formula is C18H18N2. The van der Waals surface area contributed by atoms with Crippen molar-refractivity contribution in [2.75, 3.05) is 0 Å². The van der Waals surface area contributed by atoms with Crippen molar-refractivity contribution < 1.29 is 0 Å². The smallest absolute Gasteiger partial charge is 0.0454 e. The van der Waals surface area contributed by atoms with E-state index in [-0.39, 0.29) is 0 Å². The SMILES string of the molecule is c1ccc([C@@H]2C[C@H]2NCc2ccc3[nH]ccc3c2)cc1. The van der Waals surface area contributed by atoms with E-state index in [4.69, 9.17) is 0 Å². The molecule has 1 fully saturated rings. The average molecular weight is 262 g/mol. The van der Waals surface area contributed by atoms with Crippen LogP contribution in [0.2, 0.25) is 0 Å². The monoisotopic (exact) mass is 262 g/mol. The highest BCUT2D eigenvalue weighted by Crippen LogP contribution is 2.40. The fraction of sp³-hybridized carbons (Fsp3) is 0.222. The molecule has 1 aromatic heterocycles. The van der Waals surface area contributed by atoms with Gasteiger partial charge in [-0.2, -0.15) is 0 Å². The van der Waals surface area contributed by atoms with Crippen LogP contribution in [0.1, 0.15) is 23.5 Å². The van der Waals surface area contributed by atoms with Crippen molar-refractivity contribution in [1.29, 1.82) is 0 Å². The molecule has 20 heavy (non-hydrogen) atoms. The molecule has 0 bridgehead atoms. The van der Waals surface area contributed by atoms with Gasteiger partial charge < -0.3 is 10.3 Å². The molecule has 2 nitrogen and oxygen atoms in total. The van der Waals surface area contributed by atoms with Gasteiger partial charge in [0.2, 0.25) is 0 Å². The van der Waals surface area contributed by atoms with Crippen LogP contribution in [-0.2, 0) is 6.54 Å². The first-order valence-electron chi connectivity index (χ1n) is 7.24. The Morgan fingerprint density at radius 2 is 1.95 bits per heavy atom. The number of hydrogen-bond donors (Lipinski definition) is 2. The van der Waals surface area contributed by atoms with Gasteiger partial charge in [-0.15, -0.1) is 0 Å². The van der Waals surface area contributed by atoms with Gasteiger partial charge in [-0.25, -0.2) is 0 Å². The molecule has 1 aliphatic rings. The number of nitrogens with one attached hydrogen (secondary N) is 2. The zero-order chi connectivity index (χ0) is 13.4. The number of aromatic nitrogens is 1. The van der Waals surface area contributed by atoms with Gasteiger partial charge in [0.1, 0.15) is 0 Å². The summed E-state index contributed by atoms with van der Waals surface area (Å²) in [7, 11) is 0. The Labute approximate surface area is 118 Å². The van der Waals surface area contributed by atoms with Gasteiger partial charge in [-0.3, -0.25) is 0 Å². The van der Waals surface area contributed by atoms with Crippen LogP contribution >= 0.6 is 0 Å². The summed E-state index contributed by atoms with van der Waals surface area (Å²) in [5.74, 6) is 0.701. The molecule has 2 atom stereocenters. The second-order valence-electron chi connectivity index (χ2n) is 5.64. The highest BCUT2D eigenvalue weighted by atomic mass is 15.0. The van der Waals surface area contributed by atoms with Crippen molar-refractivity contribution in [3.8, 4) is 0 Å². The number of rotatable bonds is 4. The van der Waals surface area contributed by atoms with Crippen LogP contribution in [0, 0.1) is 0 Å². The summed E-state index contributed by atoms with van der Waals surface area (Å²) in [5.41, 5.74) is 4.03. The van der Waals surface area contributed by atoms with Crippen LogP contribution < -0.4 is 5.32 Å². The van der Waals surface area contributed by atoms with E-state index < -0.39 is 0 Å². The summed E-state index contributed by atoms with van der Waals surface area (Å²) in [6.07, 6.45) is 3.25. The van der Waals surface area contributed by atoms with Gasteiger partial charge in [0.25, 0.3) is 0 Å². The molecule has 0 amide bonds. The van der Waals surface area contributed by atoms with E-state index in [1.54, 1.807) is 0 Å². The van der Waals surface area contributed by atoms with E-state index in [1.165, 1.54) is 28.5 Å². The lowest BCUT2D eigenvalue weighted by Crippen LogP contribution is -2.17. The quantitative estimate of drug-likeness (QED) is 0.735. The molecule has 1 saturated carbocycles. The van der Waals surface area contributed by atoms with Gasteiger partial charge in [-0.1, -0.05) is 36.4 Å². The molecule has 0 aliphatic heterocycles. The van der Waals surface area contributed by atoms with Crippen molar-refractivity contribution >= 4 is 10.9 Å². The van der Waals surface area contributed by atoms with E-state index in [2.05, 4.69) is 64.9 Å². The first kappa shape index (κ1) is 11.7. The van der Waals surface area contributed by atoms with Crippen LogP contribution in [0.4, 0.5) is 0 Å². The molecule has 4 rings (SSSR count). The third-order valence-corrected chi connectivity index (χ3v) is 4.20. The van der Waals surface area contributed by atoms with Crippen LogP contribution in [0.25, 0.3) is 10.9 Å². The van der Waals surface area contributed by atoms with Crippen LogP contribution in [0.3, 0.4) is 0 Å². The number of benzene rings is 2. The highest BCUT2D eigenvalue weighted by Gasteiger charge is 2.37. The summed E-state index contributed by atoms with van der Waals surface area (Å²) in [4.78, 5) is 3.23. The minimum atomic E-state index is 0.638. The van der Waals surface area contributed by atoms with E-state index in [1.807, 2.05) is 6.20 Å². The Bertz CT molecular complexity index is 714. The third-order valence-electron chi connectivity index (χ3n) is 4.20. The van der Waals surface area contributed by atoms with E-state index in [9.17, 15) is 0 Å². The van der Waals surface area contributed by atoms with Gasteiger partial charge in [0.05, 0.1) is 0 Å². The Morgan fingerprint density at radius 3 is 2.85 bits per heavy atom. The lowest BCUT2D eigenvalue weighted by Gasteiger charge is -2.05. The molecule has 0 spiro atoms. The first-order chi connectivity index (χ1) is 9.90. The van der Waals surface area contributed by atoms with Crippen molar-refractivity contribution in [2.24, 2.45) is 0 Å². The van der Waals surface area contributed by atoms with E-state index in [0.29, 0.717) is 12.0 Å². The molecule has 3 aromatic rings. The normalized spacial score (nSPS) is 21.2. The average Bonchev–Trinajstić information content (AvgIpc) is 3.13. The molecule has 1 heterocycles. The van der Waals surface area contributed by atoms with Gasteiger partial charge in [0.15, 0.2) is 0 Å². The second kappa shape index (κ2) is 4.80. The Hall–Kier alpha value is -2.06. The molecule has 2 N–H and O–H groups in total. The van der Waals surface area contributed by atoms with Crippen molar-refractivity contribution in [2.45, 2.75) is 24.9 Å². The molecule has 2 aromatic carbocycles. The second-order valence-corrected chi connectivity index (χ2v) is 5.64. The molecule has 100 valence electrons. The molecular weight excluding hydrogens is 244 g/mol. The lowest BCUT2D eigenvalue weighted by molar-refractivity contribution is 0.673. The molecule has 2 heteroatoms. The maximum absolute atomic E-state index is 3.67. The van der Waals surface area contributed by atoms with Crippen LogP contribution in [0.5, 0.6) is 0 Å². The fourth-order valence-electron chi connectivity index (χ4n) is 2.95. The van der Waals surface area contributed by atoms with Crippen LogP contribution in [0.15, 0.2) is 60.8 Å². The molecule has 1 aliphatic carbocycles. The minimum Gasteiger partial charge on any atom is -0.361 e.